The highest BCUT2D eigenvalue weighted by atomic mass is 16.5. The van der Waals surface area contributed by atoms with Gasteiger partial charge in [0.25, 0.3) is 0 Å². The molecule has 0 heterocycles. The van der Waals surface area contributed by atoms with E-state index in [1.807, 2.05) is 0 Å². The number of rotatable bonds is 9. The molecule has 0 fully saturated rings. The van der Waals surface area contributed by atoms with Crippen molar-refractivity contribution in [3.63, 3.8) is 0 Å². The van der Waals surface area contributed by atoms with Crippen LogP contribution < -0.4 is 5.32 Å². The van der Waals surface area contributed by atoms with Crippen LogP contribution in [-0.2, 0) is 9.47 Å². The SMILES string of the molecule is COCCCOCCN[C@@H](C)c1ccccc1C. The van der Waals surface area contributed by atoms with E-state index < -0.39 is 0 Å². The Morgan fingerprint density at radius 3 is 2.67 bits per heavy atom. The fourth-order valence-electron chi connectivity index (χ4n) is 1.94. The molecule has 0 radical (unpaired) electrons. The van der Waals surface area contributed by atoms with Crippen molar-refractivity contribution in [2.24, 2.45) is 0 Å². The van der Waals surface area contributed by atoms with Gasteiger partial charge in [0.15, 0.2) is 0 Å². The molecule has 1 aromatic carbocycles. The smallest absolute Gasteiger partial charge is 0.0591 e. The highest BCUT2D eigenvalue weighted by Gasteiger charge is 2.06. The van der Waals surface area contributed by atoms with Crippen LogP contribution in [0.3, 0.4) is 0 Å². The summed E-state index contributed by atoms with van der Waals surface area (Å²) in [7, 11) is 1.71. The Hall–Kier alpha value is -0.900. The minimum Gasteiger partial charge on any atom is -0.385 e. The summed E-state index contributed by atoms with van der Waals surface area (Å²) in [6, 6.07) is 8.85. The topological polar surface area (TPSA) is 30.5 Å². The normalized spacial score (nSPS) is 12.6. The molecule has 0 aliphatic carbocycles. The van der Waals surface area contributed by atoms with Crippen molar-refractivity contribution in [2.75, 3.05) is 33.5 Å². The van der Waals surface area contributed by atoms with E-state index in [1.54, 1.807) is 7.11 Å². The van der Waals surface area contributed by atoms with Crippen molar-refractivity contribution in [1.82, 2.24) is 5.32 Å². The molecule has 0 aliphatic rings. The number of nitrogens with one attached hydrogen (secondary N) is 1. The quantitative estimate of drug-likeness (QED) is 0.685. The van der Waals surface area contributed by atoms with Crippen LogP contribution in [-0.4, -0.2) is 33.5 Å². The Labute approximate surface area is 110 Å². The van der Waals surface area contributed by atoms with Crippen LogP contribution in [0.5, 0.6) is 0 Å². The van der Waals surface area contributed by atoms with Gasteiger partial charge in [-0.05, 0) is 31.4 Å². The van der Waals surface area contributed by atoms with Gasteiger partial charge in [0.05, 0.1) is 6.61 Å². The number of aryl methyl sites for hydroxylation is 1. The van der Waals surface area contributed by atoms with E-state index in [-0.39, 0.29) is 0 Å². The van der Waals surface area contributed by atoms with Crippen molar-refractivity contribution >= 4 is 0 Å². The maximum atomic E-state index is 5.51. The van der Waals surface area contributed by atoms with E-state index in [9.17, 15) is 0 Å². The van der Waals surface area contributed by atoms with Crippen molar-refractivity contribution < 1.29 is 9.47 Å². The molecule has 0 unspecified atom stereocenters. The molecule has 0 aromatic heterocycles. The van der Waals surface area contributed by atoms with Crippen LogP contribution >= 0.6 is 0 Å². The van der Waals surface area contributed by atoms with Crippen LogP contribution in [0.25, 0.3) is 0 Å². The lowest BCUT2D eigenvalue weighted by molar-refractivity contribution is 0.103. The molecule has 0 spiro atoms. The van der Waals surface area contributed by atoms with Crippen LogP contribution in [0.2, 0.25) is 0 Å². The lowest BCUT2D eigenvalue weighted by Gasteiger charge is -2.16. The number of benzene rings is 1. The predicted octanol–water partition coefficient (Wildman–Crippen LogP) is 2.70. The first-order valence-corrected chi connectivity index (χ1v) is 6.61. The van der Waals surface area contributed by atoms with Gasteiger partial charge in [-0.15, -0.1) is 0 Å². The molecule has 1 rings (SSSR count). The largest absolute Gasteiger partial charge is 0.385 e. The molecule has 0 bridgehead atoms. The minimum absolute atomic E-state index is 0.369. The predicted molar refractivity (Wildman–Crippen MR) is 74.9 cm³/mol. The summed E-state index contributed by atoms with van der Waals surface area (Å²) in [5.74, 6) is 0. The molecule has 0 saturated heterocycles. The maximum Gasteiger partial charge on any atom is 0.0591 e. The Morgan fingerprint density at radius 2 is 1.94 bits per heavy atom. The average Bonchev–Trinajstić information content (AvgIpc) is 2.38. The van der Waals surface area contributed by atoms with E-state index in [0.717, 1.165) is 32.8 Å². The summed E-state index contributed by atoms with van der Waals surface area (Å²) in [6.45, 7) is 7.51. The van der Waals surface area contributed by atoms with Gasteiger partial charge in [-0.25, -0.2) is 0 Å². The fraction of sp³-hybridized carbons (Fsp3) is 0.600. The zero-order chi connectivity index (χ0) is 13.2. The first-order valence-electron chi connectivity index (χ1n) is 6.61. The third kappa shape index (κ3) is 5.63. The first-order chi connectivity index (χ1) is 8.75. The van der Waals surface area contributed by atoms with Gasteiger partial charge >= 0.3 is 0 Å². The molecule has 102 valence electrons. The molecule has 3 heteroatoms. The van der Waals surface area contributed by atoms with Crippen molar-refractivity contribution in [3.8, 4) is 0 Å². The highest BCUT2D eigenvalue weighted by Crippen LogP contribution is 2.15. The van der Waals surface area contributed by atoms with E-state index in [0.29, 0.717) is 6.04 Å². The molecular weight excluding hydrogens is 226 g/mol. The van der Waals surface area contributed by atoms with Crippen molar-refractivity contribution in [2.45, 2.75) is 26.3 Å². The molecule has 3 nitrogen and oxygen atoms in total. The van der Waals surface area contributed by atoms with Crippen molar-refractivity contribution in [3.05, 3.63) is 35.4 Å². The molecule has 0 saturated carbocycles. The first kappa shape index (κ1) is 15.2. The van der Waals surface area contributed by atoms with Crippen LogP contribution in [0, 0.1) is 6.92 Å². The second-order valence-electron chi connectivity index (χ2n) is 4.49. The van der Waals surface area contributed by atoms with Crippen molar-refractivity contribution in [1.29, 1.82) is 0 Å². The monoisotopic (exact) mass is 251 g/mol. The Kier molecular flexibility index (Phi) is 7.65. The number of methoxy groups -OCH3 is 1. The lowest BCUT2D eigenvalue weighted by atomic mass is 10.0. The molecule has 0 aliphatic heterocycles. The van der Waals surface area contributed by atoms with Crippen LogP contribution in [0.1, 0.15) is 30.5 Å². The molecule has 1 atom stereocenters. The summed E-state index contributed by atoms with van der Waals surface area (Å²) < 4.78 is 10.5. The summed E-state index contributed by atoms with van der Waals surface area (Å²) in [5.41, 5.74) is 2.69. The summed E-state index contributed by atoms with van der Waals surface area (Å²) >= 11 is 0. The average molecular weight is 251 g/mol. The number of hydrogen-bond donors (Lipinski definition) is 1. The van der Waals surface area contributed by atoms with Gasteiger partial charge in [-0.2, -0.15) is 0 Å². The van der Waals surface area contributed by atoms with E-state index in [2.05, 4.69) is 43.4 Å². The van der Waals surface area contributed by atoms with Crippen LogP contribution in [0.4, 0.5) is 0 Å². The summed E-state index contributed by atoms with van der Waals surface area (Å²) in [5, 5.41) is 3.47. The zero-order valence-corrected chi connectivity index (χ0v) is 11.7. The Balaban J connectivity index is 2.14. The van der Waals surface area contributed by atoms with Gasteiger partial charge in [-0.3, -0.25) is 0 Å². The number of hydrogen-bond acceptors (Lipinski definition) is 3. The zero-order valence-electron chi connectivity index (χ0n) is 11.7. The lowest BCUT2D eigenvalue weighted by Crippen LogP contribution is -2.24. The van der Waals surface area contributed by atoms with Gasteiger partial charge in [0.2, 0.25) is 0 Å². The van der Waals surface area contributed by atoms with Crippen LogP contribution in [0.15, 0.2) is 24.3 Å². The van der Waals surface area contributed by atoms with Gasteiger partial charge in [-0.1, -0.05) is 24.3 Å². The fourth-order valence-corrected chi connectivity index (χ4v) is 1.94. The Morgan fingerprint density at radius 1 is 1.17 bits per heavy atom. The molecular formula is C15H25NO2. The second-order valence-corrected chi connectivity index (χ2v) is 4.49. The molecule has 1 N–H and O–H groups in total. The molecule has 1 aromatic rings. The molecule has 18 heavy (non-hydrogen) atoms. The third-order valence-electron chi connectivity index (χ3n) is 2.99. The highest BCUT2D eigenvalue weighted by molar-refractivity contribution is 5.28. The van der Waals surface area contributed by atoms with Gasteiger partial charge in [0, 0.05) is 32.9 Å². The number of ether oxygens (including phenoxy) is 2. The van der Waals surface area contributed by atoms with Gasteiger partial charge in [0.1, 0.15) is 0 Å². The van der Waals surface area contributed by atoms with E-state index in [1.165, 1.54) is 11.1 Å². The summed E-state index contributed by atoms with van der Waals surface area (Å²) in [4.78, 5) is 0. The Bertz CT molecular complexity index is 328. The standard InChI is InChI=1S/C15H25NO2/c1-13-7-4-5-8-15(13)14(2)16-9-12-18-11-6-10-17-3/h4-5,7-8,14,16H,6,9-12H2,1-3H3/t14-/m0/s1. The summed E-state index contributed by atoms with van der Waals surface area (Å²) in [6.07, 6.45) is 0.962. The third-order valence-corrected chi connectivity index (χ3v) is 2.99. The second kappa shape index (κ2) is 9.09. The van der Waals surface area contributed by atoms with E-state index >= 15 is 0 Å². The maximum absolute atomic E-state index is 5.51. The van der Waals surface area contributed by atoms with Gasteiger partial charge < -0.3 is 14.8 Å². The van der Waals surface area contributed by atoms with E-state index in [4.69, 9.17) is 9.47 Å². The molecule has 0 amide bonds. The minimum atomic E-state index is 0.369.